The first kappa shape index (κ1) is 11.3. The van der Waals surface area contributed by atoms with Gasteiger partial charge in [-0.2, -0.15) is 0 Å². The molecule has 1 aliphatic rings. The molecule has 0 bridgehead atoms. The second kappa shape index (κ2) is 4.80. The van der Waals surface area contributed by atoms with Gasteiger partial charge in [0.15, 0.2) is 0 Å². The molecule has 1 aromatic heterocycles. The van der Waals surface area contributed by atoms with Crippen molar-refractivity contribution in [2.75, 3.05) is 25.0 Å². The van der Waals surface area contributed by atoms with E-state index in [9.17, 15) is 4.79 Å². The molecule has 2 aromatic rings. The molecule has 1 aliphatic heterocycles. The predicted molar refractivity (Wildman–Crippen MR) is 67.5 cm³/mol. The number of hydrogen-bond acceptors (Lipinski definition) is 4. The van der Waals surface area contributed by atoms with Gasteiger partial charge in [0.25, 0.3) is 5.91 Å². The summed E-state index contributed by atoms with van der Waals surface area (Å²) in [5, 5.41) is 6.86. The zero-order valence-electron chi connectivity index (χ0n) is 9.81. The third-order valence-electron chi connectivity index (χ3n) is 2.96. The number of fused-ring (bicyclic) bond motifs is 1. The Morgan fingerprint density at radius 2 is 2.28 bits per heavy atom. The van der Waals surface area contributed by atoms with Crippen molar-refractivity contribution in [3.05, 3.63) is 30.5 Å². The largest absolute Gasteiger partial charge is 0.462 e. The van der Waals surface area contributed by atoms with Crippen molar-refractivity contribution in [2.45, 2.75) is 6.10 Å². The SMILES string of the molecule is O=C(Nc1coc2ccccc12)C1CNCCO1. The molecular formula is C13H14N2O3. The quantitative estimate of drug-likeness (QED) is 0.839. The van der Waals surface area contributed by atoms with Gasteiger partial charge in [-0.15, -0.1) is 0 Å². The lowest BCUT2D eigenvalue weighted by Crippen LogP contribution is -2.45. The number of rotatable bonds is 2. The van der Waals surface area contributed by atoms with Crippen LogP contribution in [-0.4, -0.2) is 31.7 Å². The second-order valence-corrected chi connectivity index (χ2v) is 4.20. The molecule has 5 heteroatoms. The van der Waals surface area contributed by atoms with Crippen LogP contribution in [-0.2, 0) is 9.53 Å². The van der Waals surface area contributed by atoms with Gasteiger partial charge in [0.05, 0.1) is 12.3 Å². The number of carbonyl (C=O) groups excluding carboxylic acids is 1. The first-order chi connectivity index (χ1) is 8.84. The average molecular weight is 246 g/mol. The fraction of sp³-hybridized carbons (Fsp3) is 0.308. The molecule has 1 unspecified atom stereocenters. The number of benzene rings is 1. The minimum atomic E-state index is -0.438. The number of ether oxygens (including phenoxy) is 1. The normalized spacial score (nSPS) is 19.9. The summed E-state index contributed by atoms with van der Waals surface area (Å²) in [6.07, 6.45) is 1.12. The van der Waals surface area contributed by atoms with Crippen LogP contribution in [0.1, 0.15) is 0 Å². The maximum absolute atomic E-state index is 12.0. The van der Waals surface area contributed by atoms with Crippen molar-refractivity contribution in [2.24, 2.45) is 0 Å². The Balaban J connectivity index is 1.77. The zero-order valence-corrected chi connectivity index (χ0v) is 9.81. The Bertz CT molecular complexity index is 558. The number of anilines is 1. The first-order valence-electron chi connectivity index (χ1n) is 5.94. The van der Waals surface area contributed by atoms with Crippen LogP contribution in [0, 0.1) is 0 Å². The maximum atomic E-state index is 12.0. The molecule has 1 atom stereocenters. The van der Waals surface area contributed by atoms with E-state index in [-0.39, 0.29) is 5.91 Å². The summed E-state index contributed by atoms with van der Waals surface area (Å²) in [6.45, 7) is 1.89. The van der Waals surface area contributed by atoms with Crippen LogP contribution in [0.15, 0.2) is 34.9 Å². The van der Waals surface area contributed by atoms with E-state index in [0.29, 0.717) is 18.8 Å². The summed E-state index contributed by atoms with van der Waals surface area (Å²) in [7, 11) is 0. The molecule has 18 heavy (non-hydrogen) atoms. The Morgan fingerprint density at radius 3 is 3.11 bits per heavy atom. The molecular weight excluding hydrogens is 232 g/mol. The molecule has 1 fully saturated rings. The van der Waals surface area contributed by atoms with Crippen LogP contribution in [0.4, 0.5) is 5.69 Å². The maximum Gasteiger partial charge on any atom is 0.254 e. The number of hydrogen-bond donors (Lipinski definition) is 2. The highest BCUT2D eigenvalue weighted by molar-refractivity contribution is 6.02. The van der Waals surface area contributed by atoms with E-state index in [2.05, 4.69) is 10.6 Å². The molecule has 2 heterocycles. The van der Waals surface area contributed by atoms with E-state index in [1.165, 1.54) is 0 Å². The monoisotopic (exact) mass is 246 g/mol. The summed E-state index contributed by atoms with van der Waals surface area (Å²) in [6, 6.07) is 7.58. The topological polar surface area (TPSA) is 63.5 Å². The summed E-state index contributed by atoms with van der Waals surface area (Å²) >= 11 is 0. The van der Waals surface area contributed by atoms with Gasteiger partial charge in [0, 0.05) is 18.5 Å². The summed E-state index contributed by atoms with van der Waals surface area (Å²) in [5.41, 5.74) is 1.44. The van der Waals surface area contributed by atoms with Gasteiger partial charge in [-0.1, -0.05) is 12.1 Å². The summed E-state index contributed by atoms with van der Waals surface area (Å²) in [5.74, 6) is -0.145. The third-order valence-corrected chi connectivity index (χ3v) is 2.96. The van der Waals surface area contributed by atoms with Crippen molar-refractivity contribution in [1.29, 1.82) is 0 Å². The van der Waals surface area contributed by atoms with E-state index >= 15 is 0 Å². The van der Waals surface area contributed by atoms with E-state index in [0.717, 1.165) is 17.5 Å². The van der Waals surface area contributed by atoms with Crippen LogP contribution < -0.4 is 10.6 Å². The molecule has 0 saturated carbocycles. The Kier molecular flexibility index (Phi) is 3.00. The predicted octanol–water partition coefficient (Wildman–Crippen LogP) is 1.36. The van der Waals surface area contributed by atoms with Gasteiger partial charge in [-0.05, 0) is 12.1 Å². The second-order valence-electron chi connectivity index (χ2n) is 4.20. The number of amides is 1. The molecule has 94 valence electrons. The minimum absolute atomic E-state index is 0.145. The number of morpholine rings is 1. The smallest absolute Gasteiger partial charge is 0.254 e. The molecule has 0 spiro atoms. The Labute approximate surface area is 104 Å². The Morgan fingerprint density at radius 1 is 1.39 bits per heavy atom. The van der Waals surface area contributed by atoms with Crippen molar-refractivity contribution >= 4 is 22.6 Å². The van der Waals surface area contributed by atoms with Crippen molar-refractivity contribution in [1.82, 2.24) is 5.32 Å². The van der Waals surface area contributed by atoms with Gasteiger partial charge >= 0.3 is 0 Å². The lowest BCUT2D eigenvalue weighted by molar-refractivity contribution is -0.128. The lowest BCUT2D eigenvalue weighted by atomic mass is 10.2. The molecule has 1 amide bonds. The van der Waals surface area contributed by atoms with E-state index in [1.54, 1.807) is 6.26 Å². The average Bonchev–Trinajstić information content (AvgIpc) is 2.83. The number of carbonyl (C=O) groups is 1. The molecule has 0 radical (unpaired) electrons. The minimum Gasteiger partial charge on any atom is -0.462 e. The highest BCUT2D eigenvalue weighted by atomic mass is 16.5. The number of nitrogens with one attached hydrogen (secondary N) is 2. The molecule has 1 saturated heterocycles. The van der Waals surface area contributed by atoms with Crippen molar-refractivity contribution < 1.29 is 13.9 Å². The lowest BCUT2D eigenvalue weighted by Gasteiger charge is -2.22. The fourth-order valence-corrected chi connectivity index (χ4v) is 2.02. The van der Waals surface area contributed by atoms with Crippen LogP contribution in [0.5, 0.6) is 0 Å². The van der Waals surface area contributed by atoms with Gasteiger partial charge in [0.1, 0.15) is 18.0 Å². The third kappa shape index (κ3) is 2.10. The van der Waals surface area contributed by atoms with Crippen LogP contribution >= 0.6 is 0 Å². The van der Waals surface area contributed by atoms with E-state index < -0.39 is 6.10 Å². The van der Waals surface area contributed by atoms with Gasteiger partial charge in [-0.25, -0.2) is 0 Å². The van der Waals surface area contributed by atoms with Gasteiger partial charge in [-0.3, -0.25) is 4.79 Å². The number of furan rings is 1. The summed E-state index contributed by atoms with van der Waals surface area (Å²) in [4.78, 5) is 12.0. The van der Waals surface area contributed by atoms with Crippen LogP contribution in [0.25, 0.3) is 11.0 Å². The highest BCUT2D eigenvalue weighted by Crippen LogP contribution is 2.25. The highest BCUT2D eigenvalue weighted by Gasteiger charge is 2.22. The van der Waals surface area contributed by atoms with Crippen molar-refractivity contribution in [3.8, 4) is 0 Å². The van der Waals surface area contributed by atoms with Crippen LogP contribution in [0.2, 0.25) is 0 Å². The van der Waals surface area contributed by atoms with Gasteiger partial charge < -0.3 is 19.8 Å². The molecule has 5 nitrogen and oxygen atoms in total. The molecule has 3 rings (SSSR count). The van der Waals surface area contributed by atoms with E-state index in [1.807, 2.05) is 24.3 Å². The number of para-hydroxylation sites is 1. The Hall–Kier alpha value is -1.85. The molecule has 1 aromatic carbocycles. The fourth-order valence-electron chi connectivity index (χ4n) is 2.02. The molecule has 2 N–H and O–H groups in total. The van der Waals surface area contributed by atoms with Crippen molar-refractivity contribution in [3.63, 3.8) is 0 Å². The zero-order chi connectivity index (χ0) is 12.4. The van der Waals surface area contributed by atoms with Crippen LogP contribution in [0.3, 0.4) is 0 Å². The van der Waals surface area contributed by atoms with E-state index in [4.69, 9.17) is 9.15 Å². The summed E-state index contributed by atoms with van der Waals surface area (Å²) < 4.78 is 10.8. The van der Waals surface area contributed by atoms with Gasteiger partial charge in [0.2, 0.25) is 0 Å². The standard InChI is InChI=1S/C13H14N2O3/c16-13(12-7-14-5-6-17-12)15-10-8-18-11-4-2-1-3-9(10)11/h1-4,8,12,14H,5-7H2,(H,15,16). The first-order valence-corrected chi connectivity index (χ1v) is 5.94. The molecule has 0 aliphatic carbocycles.